The molecular weight excluding hydrogens is 220 g/mol. The molecule has 1 aromatic rings. The van der Waals surface area contributed by atoms with Crippen LogP contribution in [0.25, 0.3) is 0 Å². The Balaban J connectivity index is 1.72. The van der Waals surface area contributed by atoms with Gasteiger partial charge in [-0.2, -0.15) is 0 Å². The second kappa shape index (κ2) is 4.18. The topological polar surface area (TPSA) is 15.3 Å². The van der Waals surface area contributed by atoms with Crippen LogP contribution in [0.1, 0.15) is 32.8 Å². The molecule has 2 nitrogen and oxygen atoms in total. The van der Waals surface area contributed by atoms with Crippen LogP contribution in [-0.2, 0) is 6.42 Å². The van der Waals surface area contributed by atoms with Crippen LogP contribution in [0, 0.1) is 11.3 Å². The van der Waals surface area contributed by atoms with E-state index in [0.29, 0.717) is 5.41 Å². The average molecular weight is 244 g/mol. The van der Waals surface area contributed by atoms with E-state index in [1.54, 1.807) is 0 Å². The van der Waals surface area contributed by atoms with Crippen LogP contribution < -0.4 is 10.2 Å². The SMILES string of the molecule is CC(C)(C)C1CN(c2ccc3c(c2)CCCN3)C1. The zero-order valence-corrected chi connectivity index (χ0v) is 11.8. The Morgan fingerprint density at radius 2 is 2.00 bits per heavy atom. The Morgan fingerprint density at radius 3 is 2.72 bits per heavy atom. The van der Waals surface area contributed by atoms with Gasteiger partial charge in [0.1, 0.15) is 0 Å². The van der Waals surface area contributed by atoms with Crippen molar-refractivity contribution < 1.29 is 0 Å². The van der Waals surface area contributed by atoms with E-state index in [4.69, 9.17) is 0 Å². The number of nitrogens with one attached hydrogen (secondary N) is 1. The lowest BCUT2D eigenvalue weighted by molar-refractivity contribution is 0.195. The molecule has 2 heterocycles. The van der Waals surface area contributed by atoms with E-state index in [1.165, 1.54) is 42.9 Å². The maximum Gasteiger partial charge on any atom is 0.0374 e. The number of nitrogens with zero attached hydrogens (tertiary/aromatic N) is 1. The molecule has 1 fully saturated rings. The van der Waals surface area contributed by atoms with E-state index in [1.807, 2.05) is 0 Å². The van der Waals surface area contributed by atoms with Gasteiger partial charge >= 0.3 is 0 Å². The highest BCUT2D eigenvalue weighted by atomic mass is 15.2. The summed E-state index contributed by atoms with van der Waals surface area (Å²) in [6, 6.07) is 6.92. The number of benzene rings is 1. The second-order valence-corrected chi connectivity index (χ2v) is 6.84. The molecule has 18 heavy (non-hydrogen) atoms. The molecule has 3 rings (SSSR count). The maximum absolute atomic E-state index is 3.48. The summed E-state index contributed by atoms with van der Waals surface area (Å²) in [6.45, 7) is 10.6. The third-order valence-corrected chi connectivity index (χ3v) is 4.50. The predicted molar refractivity (Wildman–Crippen MR) is 78.4 cm³/mol. The first-order chi connectivity index (χ1) is 8.54. The van der Waals surface area contributed by atoms with Crippen molar-refractivity contribution in [3.8, 4) is 0 Å². The lowest BCUT2D eigenvalue weighted by Crippen LogP contribution is -2.52. The van der Waals surface area contributed by atoms with E-state index in [0.717, 1.165) is 12.5 Å². The molecule has 0 amide bonds. The van der Waals surface area contributed by atoms with Crippen molar-refractivity contribution in [1.29, 1.82) is 0 Å². The van der Waals surface area contributed by atoms with Crippen molar-refractivity contribution in [3.05, 3.63) is 23.8 Å². The highest BCUT2D eigenvalue weighted by Gasteiger charge is 2.35. The van der Waals surface area contributed by atoms with Gasteiger partial charge in [-0.15, -0.1) is 0 Å². The molecule has 0 atom stereocenters. The van der Waals surface area contributed by atoms with Gasteiger partial charge in [-0.3, -0.25) is 0 Å². The van der Waals surface area contributed by atoms with Crippen molar-refractivity contribution >= 4 is 11.4 Å². The third-order valence-electron chi connectivity index (χ3n) is 4.50. The minimum atomic E-state index is 0.451. The van der Waals surface area contributed by atoms with Gasteiger partial charge in [-0.1, -0.05) is 20.8 Å². The Labute approximate surface area is 110 Å². The van der Waals surface area contributed by atoms with Gasteiger partial charge in [0, 0.05) is 31.0 Å². The number of rotatable bonds is 1. The normalized spacial score (nSPS) is 20.1. The van der Waals surface area contributed by atoms with Gasteiger partial charge in [0.2, 0.25) is 0 Å². The molecule has 2 heteroatoms. The van der Waals surface area contributed by atoms with Crippen LogP contribution in [0.5, 0.6) is 0 Å². The zero-order chi connectivity index (χ0) is 12.8. The highest BCUT2D eigenvalue weighted by molar-refractivity contribution is 5.62. The summed E-state index contributed by atoms with van der Waals surface area (Å²) < 4.78 is 0. The fourth-order valence-electron chi connectivity index (χ4n) is 2.90. The molecule has 0 spiro atoms. The fraction of sp³-hybridized carbons (Fsp3) is 0.625. The van der Waals surface area contributed by atoms with Gasteiger partial charge < -0.3 is 10.2 Å². The molecule has 0 radical (unpaired) electrons. The summed E-state index contributed by atoms with van der Waals surface area (Å²) in [4.78, 5) is 2.52. The van der Waals surface area contributed by atoms with Crippen LogP contribution in [0.15, 0.2) is 18.2 Å². The number of anilines is 2. The lowest BCUT2D eigenvalue weighted by Gasteiger charge is -2.47. The van der Waals surface area contributed by atoms with Crippen LogP contribution in [0.4, 0.5) is 11.4 Å². The average Bonchev–Trinajstić information content (AvgIpc) is 2.25. The van der Waals surface area contributed by atoms with Gasteiger partial charge in [-0.05, 0) is 47.9 Å². The summed E-state index contributed by atoms with van der Waals surface area (Å²) in [7, 11) is 0. The van der Waals surface area contributed by atoms with E-state index in [-0.39, 0.29) is 0 Å². The summed E-state index contributed by atoms with van der Waals surface area (Å²) >= 11 is 0. The Bertz CT molecular complexity index is 439. The molecule has 2 aliphatic heterocycles. The molecule has 0 unspecified atom stereocenters. The van der Waals surface area contributed by atoms with Crippen LogP contribution in [0.3, 0.4) is 0 Å². The van der Waals surface area contributed by atoms with Crippen LogP contribution in [-0.4, -0.2) is 19.6 Å². The van der Waals surface area contributed by atoms with Gasteiger partial charge in [0.25, 0.3) is 0 Å². The van der Waals surface area contributed by atoms with Crippen LogP contribution in [0.2, 0.25) is 0 Å². The number of aryl methyl sites for hydroxylation is 1. The Kier molecular flexibility index (Phi) is 2.76. The number of hydrogen-bond donors (Lipinski definition) is 1. The molecule has 0 saturated carbocycles. The second-order valence-electron chi connectivity index (χ2n) is 6.84. The quantitative estimate of drug-likeness (QED) is 0.813. The smallest absolute Gasteiger partial charge is 0.0374 e. The minimum absolute atomic E-state index is 0.451. The first-order valence-electron chi connectivity index (χ1n) is 7.16. The van der Waals surface area contributed by atoms with Crippen molar-refractivity contribution in [2.75, 3.05) is 29.9 Å². The summed E-state index contributed by atoms with van der Waals surface area (Å²) in [5, 5.41) is 3.48. The molecule has 0 aromatic heterocycles. The first-order valence-corrected chi connectivity index (χ1v) is 7.16. The summed E-state index contributed by atoms with van der Waals surface area (Å²) in [5.41, 5.74) is 4.71. The summed E-state index contributed by atoms with van der Waals surface area (Å²) in [6.07, 6.45) is 2.49. The van der Waals surface area contributed by atoms with Crippen molar-refractivity contribution in [2.45, 2.75) is 33.6 Å². The van der Waals surface area contributed by atoms with E-state index in [2.05, 4.69) is 49.2 Å². The van der Waals surface area contributed by atoms with Crippen molar-refractivity contribution in [2.24, 2.45) is 11.3 Å². The predicted octanol–water partition coefficient (Wildman–Crippen LogP) is 3.53. The molecule has 1 N–H and O–H groups in total. The number of fused-ring (bicyclic) bond motifs is 1. The van der Waals surface area contributed by atoms with Crippen molar-refractivity contribution in [3.63, 3.8) is 0 Å². The number of hydrogen-bond acceptors (Lipinski definition) is 2. The van der Waals surface area contributed by atoms with E-state index < -0.39 is 0 Å². The Hall–Kier alpha value is -1.18. The summed E-state index contributed by atoms with van der Waals surface area (Å²) in [5.74, 6) is 0.839. The first kappa shape index (κ1) is 11.9. The molecule has 0 aliphatic carbocycles. The molecule has 2 aliphatic rings. The van der Waals surface area contributed by atoms with Crippen molar-refractivity contribution in [1.82, 2.24) is 0 Å². The van der Waals surface area contributed by atoms with Gasteiger partial charge in [0.05, 0.1) is 0 Å². The van der Waals surface area contributed by atoms with E-state index >= 15 is 0 Å². The highest BCUT2D eigenvalue weighted by Crippen LogP contribution is 2.37. The largest absolute Gasteiger partial charge is 0.385 e. The molecule has 0 bridgehead atoms. The maximum atomic E-state index is 3.48. The fourth-order valence-corrected chi connectivity index (χ4v) is 2.90. The molecule has 98 valence electrons. The lowest BCUT2D eigenvalue weighted by atomic mass is 9.76. The third kappa shape index (κ3) is 2.09. The molecule has 1 aromatic carbocycles. The van der Waals surface area contributed by atoms with Gasteiger partial charge in [-0.25, -0.2) is 0 Å². The van der Waals surface area contributed by atoms with E-state index in [9.17, 15) is 0 Å². The van der Waals surface area contributed by atoms with Crippen LogP contribution >= 0.6 is 0 Å². The monoisotopic (exact) mass is 244 g/mol. The zero-order valence-electron chi connectivity index (χ0n) is 11.8. The minimum Gasteiger partial charge on any atom is -0.385 e. The van der Waals surface area contributed by atoms with Gasteiger partial charge in [0.15, 0.2) is 0 Å². The Morgan fingerprint density at radius 1 is 1.22 bits per heavy atom. The molecule has 1 saturated heterocycles. The molecular formula is C16H24N2. The standard InChI is InChI=1S/C16H24N2/c1-16(2,3)13-10-18(11-13)14-6-7-15-12(9-14)5-4-8-17-15/h6-7,9,13,17H,4-5,8,10-11H2,1-3H3.